The number of rotatable bonds is 17. The van der Waals surface area contributed by atoms with Gasteiger partial charge in [0.05, 0.1) is 0 Å². The first-order valence-corrected chi connectivity index (χ1v) is 14.1. The maximum atomic E-state index is 5.93. The van der Waals surface area contributed by atoms with Gasteiger partial charge in [-0.25, -0.2) is 0 Å². The van der Waals surface area contributed by atoms with Gasteiger partial charge in [0.25, 0.3) is 0 Å². The number of nitrogens with one attached hydrogen (secondary N) is 2. The molecular weight excluding hydrogens is 496 g/mol. The van der Waals surface area contributed by atoms with Crippen molar-refractivity contribution < 1.29 is 9.47 Å². The van der Waals surface area contributed by atoms with E-state index in [1.54, 1.807) is 0 Å². The summed E-state index contributed by atoms with van der Waals surface area (Å²) in [5.41, 5.74) is 18.4. The second kappa shape index (κ2) is 16.4. The molecule has 0 atom stereocenters. The van der Waals surface area contributed by atoms with E-state index in [2.05, 4.69) is 59.2 Å². The molecular formula is C34H42N4O2. The number of nitrogens with two attached hydrogens (primary N) is 2. The first-order valence-electron chi connectivity index (χ1n) is 14.1. The molecule has 0 aliphatic rings. The third kappa shape index (κ3) is 10.1. The molecule has 0 saturated heterocycles. The maximum absolute atomic E-state index is 5.93. The van der Waals surface area contributed by atoms with Gasteiger partial charge in [-0.05, 0) is 83.6 Å². The monoisotopic (exact) mass is 538 g/mol. The van der Waals surface area contributed by atoms with Crippen molar-refractivity contribution in [2.24, 2.45) is 11.5 Å². The molecule has 0 radical (unpaired) electrons. The first-order chi connectivity index (χ1) is 19.7. The molecule has 0 aliphatic carbocycles. The molecule has 0 spiro atoms. The normalized spacial score (nSPS) is 10.9. The lowest BCUT2D eigenvalue weighted by atomic mass is 10.1. The summed E-state index contributed by atoms with van der Waals surface area (Å²) in [5.74, 6) is 1.72. The quantitative estimate of drug-likeness (QED) is 0.134. The van der Waals surface area contributed by atoms with Crippen LogP contribution in [0.1, 0.15) is 46.2 Å². The summed E-state index contributed by atoms with van der Waals surface area (Å²) in [6.07, 6.45) is 2.26. The Morgan fingerprint density at radius 2 is 0.875 bits per heavy atom. The van der Waals surface area contributed by atoms with Crippen molar-refractivity contribution in [1.82, 2.24) is 10.6 Å². The molecule has 0 heterocycles. The second-order valence-corrected chi connectivity index (χ2v) is 9.97. The largest absolute Gasteiger partial charge is 0.489 e. The molecule has 4 rings (SSSR count). The minimum atomic E-state index is 0.545. The van der Waals surface area contributed by atoms with E-state index < -0.39 is 0 Å². The van der Waals surface area contributed by atoms with Crippen molar-refractivity contribution in [3.05, 3.63) is 130 Å². The van der Waals surface area contributed by atoms with Crippen LogP contribution < -0.4 is 31.6 Å². The minimum Gasteiger partial charge on any atom is -0.489 e. The third-order valence-electron chi connectivity index (χ3n) is 6.73. The van der Waals surface area contributed by atoms with Gasteiger partial charge in [0, 0.05) is 26.2 Å². The standard InChI is InChI=1S/C34H42N4O2/c35-21-27-9-13-33(14-10-27)39-25-31-7-3-5-29(19-31)23-37-17-1-2-18-38-24-30-6-4-8-32(20-30)26-40-34-15-11-28(22-36)12-16-34/h3-16,19-20,37-38H,1-2,17-18,21-26,35-36H2. The zero-order chi connectivity index (χ0) is 27.8. The highest BCUT2D eigenvalue weighted by Gasteiger charge is 2.01. The molecule has 4 aromatic carbocycles. The van der Waals surface area contributed by atoms with Crippen LogP contribution in [0, 0.1) is 0 Å². The Labute approximate surface area is 238 Å². The van der Waals surface area contributed by atoms with Crippen LogP contribution in [0.2, 0.25) is 0 Å². The molecule has 4 aromatic rings. The molecule has 0 bridgehead atoms. The van der Waals surface area contributed by atoms with Crippen molar-refractivity contribution in [3.63, 3.8) is 0 Å². The lowest BCUT2D eigenvalue weighted by molar-refractivity contribution is 0.306. The Bertz CT molecular complexity index is 1170. The summed E-state index contributed by atoms with van der Waals surface area (Å²) in [5, 5.41) is 7.13. The van der Waals surface area contributed by atoms with Crippen molar-refractivity contribution in [3.8, 4) is 11.5 Å². The zero-order valence-corrected chi connectivity index (χ0v) is 23.3. The van der Waals surface area contributed by atoms with Gasteiger partial charge in [0.2, 0.25) is 0 Å². The average Bonchev–Trinajstić information content (AvgIpc) is 3.01. The molecule has 6 heteroatoms. The Balaban J connectivity index is 1.07. The summed E-state index contributed by atoms with van der Waals surface area (Å²) in [6, 6.07) is 33.0. The molecule has 0 amide bonds. The maximum Gasteiger partial charge on any atom is 0.119 e. The van der Waals surface area contributed by atoms with Crippen LogP contribution in [0.4, 0.5) is 0 Å². The van der Waals surface area contributed by atoms with Crippen molar-refractivity contribution in [2.75, 3.05) is 13.1 Å². The SMILES string of the molecule is NCc1ccc(OCc2cccc(CNCCCCNCc3cccc(COc4ccc(CN)cc4)c3)c2)cc1. The fraction of sp³-hybridized carbons (Fsp3) is 0.294. The number of benzene rings is 4. The van der Waals surface area contributed by atoms with Gasteiger partial charge in [0.15, 0.2) is 0 Å². The van der Waals surface area contributed by atoms with E-state index in [1.165, 1.54) is 22.3 Å². The predicted octanol–water partition coefficient (Wildman–Crippen LogP) is 5.42. The summed E-state index contributed by atoms with van der Waals surface area (Å²) in [4.78, 5) is 0. The predicted molar refractivity (Wildman–Crippen MR) is 163 cm³/mol. The lowest BCUT2D eigenvalue weighted by Gasteiger charge is -2.10. The van der Waals surface area contributed by atoms with E-state index in [9.17, 15) is 0 Å². The van der Waals surface area contributed by atoms with E-state index in [1.807, 2.05) is 48.5 Å². The van der Waals surface area contributed by atoms with Crippen LogP contribution in [0.15, 0.2) is 97.1 Å². The topological polar surface area (TPSA) is 94.6 Å². The van der Waals surface area contributed by atoms with Crippen LogP contribution in [0.25, 0.3) is 0 Å². The van der Waals surface area contributed by atoms with Crippen molar-refractivity contribution in [1.29, 1.82) is 0 Å². The van der Waals surface area contributed by atoms with Crippen molar-refractivity contribution in [2.45, 2.75) is 52.2 Å². The van der Waals surface area contributed by atoms with Crippen LogP contribution in [0.5, 0.6) is 11.5 Å². The van der Waals surface area contributed by atoms with Crippen LogP contribution in [0.3, 0.4) is 0 Å². The minimum absolute atomic E-state index is 0.545. The molecule has 0 unspecified atom stereocenters. The molecule has 0 fully saturated rings. The molecule has 210 valence electrons. The van der Waals surface area contributed by atoms with E-state index in [0.717, 1.165) is 61.6 Å². The lowest BCUT2D eigenvalue weighted by Crippen LogP contribution is -2.18. The zero-order valence-electron chi connectivity index (χ0n) is 23.3. The summed E-state index contributed by atoms with van der Waals surface area (Å²) >= 11 is 0. The van der Waals surface area contributed by atoms with Gasteiger partial charge in [-0.1, -0.05) is 72.8 Å². The summed E-state index contributed by atoms with van der Waals surface area (Å²) in [6.45, 7) is 5.91. The molecule has 0 aromatic heterocycles. The van der Waals surface area contributed by atoms with Gasteiger partial charge in [-0.2, -0.15) is 0 Å². The molecule has 0 aliphatic heterocycles. The van der Waals surface area contributed by atoms with E-state index in [4.69, 9.17) is 20.9 Å². The fourth-order valence-electron chi connectivity index (χ4n) is 4.40. The summed E-state index contributed by atoms with van der Waals surface area (Å²) in [7, 11) is 0. The first kappa shape index (κ1) is 29.3. The highest BCUT2D eigenvalue weighted by molar-refractivity contribution is 5.30. The molecule has 40 heavy (non-hydrogen) atoms. The van der Waals surface area contributed by atoms with Crippen LogP contribution >= 0.6 is 0 Å². The Kier molecular flexibility index (Phi) is 12.0. The van der Waals surface area contributed by atoms with Crippen molar-refractivity contribution >= 4 is 0 Å². The summed E-state index contributed by atoms with van der Waals surface area (Å²) < 4.78 is 11.9. The highest BCUT2D eigenvalue weighted by Crippen LogP contribution is 2.16. The van der Waals surface area contributed by atoms with Gasteiger partial charge in [-0.15, -0.1) is 0 Å². The Morgan fingerprint density at radius 3 is 1.27 bits per heavy atom. The van der Waals surface area contributed by atoms with E-state index in [0.29, 0.717) is 26.3 Å². The average molecular weight is 539 g/mol. The van der Waals surface area contributed by atoms with E-state index >= 15 is 0 Å². The molecule has 6 N–H and O–H groups in total. The van der Waals surface area contributed by atoms with E-state index in [-0.39, 0.29) is 0 Å². The number of hydrogen-bond acceptors (Lipinski definition) is 6. The Hall–Kier alpha value is -3.68. The third-order valence-corrected chi connectivity index (χ3v) is 6.73. The molecule has 6 nitrogen and oxygen atoms in total. The van der Waals surface area contributed by atoms with Gasteiger partial charge < -0.3 is 31.6 Å². The number of unbranched alkanes of at least 4 members (excludes halogenated alkanes) is 1. The fourth-order valence-corrected chi connectivity index (χ4v) is 4.40. The smallest absolute Gasteiger partial charge is 0.119 e. The van der Waals surface area contributed by atoms with Crippen LogP contribution in [-0.2, 0) is 39.4 Å². The second-order valence-electron chi connectivity index (χ2n) is 9.97. The molecule has 0 saturated carbocycles. The van der Waals surface area contributed by atoms with Crippen LogP contribution in [-0.4, -0.2) is 13.1 Å². The number of ether oxygens (including phenoxy) is 2. The van der Waals surface area contributed by atoms with Gasteiger partial charge >= 0.3 is 0 Å². The number of hydrogen-bond donors (Lipinski definition) is 4. The van der Waals surface area contributed by atoms with Gasteiger partial charge in [0.1, 0.15) is 24.7 Å². The van der Waals surface area contributed by atoms with Gasteiger partial charge in [-0.3, -0.25) is 0 Å². The highest BCUT2D eigenvalue weighted by atomic mass is 16.5. The Morgan fingerprint density at radius 1 is 0.475 bits per heavy atom.